The molecule has 1 aliphatic rings. The van der Waals surface area contributed by atoms with Crippen molar-refractivity contribution in [1.82, 2.24) is 0 Å². The third kappa shape index (κ3) is 2.83. The van der Waals surface area contributed by atoms with E-state index >= 15 is 0 Å². The minimum Gasteiger partial charge on any atom is -0.376 e. The third-order valence-electron chi connectivity index (χ3n) is 2.46. The van der Waals surface area contributed by atoms with Gasteiger partial charge in [-0.3, -0.25) is 4.79 Å². The Balaban J connectivity index is 2.05. The summed E-state index contributed by atoms with van der Waals surface area (Å²) in [4.78, 5) is 11.8. The molecule has 18 heavy (non-hydrogen) atoms. The average molecular weight is 250 g/mol. The van der Waals surface area contributed by atoms with Gasteiger partial charge in [-0.05, 0) is 18.2 Å². The third-order valence-corrected chi connectivity index (χ3v) is 2.46. The topological polar surface area (TPSA) is 71.4 Å². The zero-order chi connectivity index (χ0) is 13.0. The van der Waals surface area contributed by atoms with Crippen LogP contribution >= 0.6 is 0 Å². The van der Waals surface area contributed by atoms with E-state index in [9.17, 15) is 9.18 Å². The van der Waals surface area contributed by atoms with Gasteiger partial charge in [-0.25, -0.2) is 4.39 Å². The minimum absolute atomic E-state index is 0.117. The van der Waals surface area contributed by atoms with Crippen LogP contribution < -0.4 is 5.32 Å². The van der Waals surface area contributed by atoms with Crippen molar-refractivity contribution in [2.45, 2.75) is 6.10 Å². The van der Waals surface area contributed by atoms with Crippen molar-refractivity contribution in [1.29, 1.82) is 5.26 Å². The summed E-state index contributed by atoms with van der Waals surface area (Å²) in [6.07, 6.45) is -0.672. The number of amides is 1. The van der Waals surface area contributed by atoms with Gasteiger partial charge in [-0.15, -0.1) is 0 Å². The molecule has 0 aliphatic carbocycles. The smallest absolute Gasteiger partial charge is 0.255 e. The SMILES string of the molecule is N#Cc1cc(NC(=O)C2COCCO2)ccc1F. The van der Waals surface area contributed by atoms with Crippen LogP contribution in [0.25, 0.3) is 0 Å². The highest BCUT2D eigenvalue weighted by Gasteiger charge is 2.22. The number of halogens is 1. The Morgan fingerprint density at radius 2 is 2.33 bits per heavy atom. The number of ether oxygens (including phenoxy) is 2. The van der Waals surface area contributed by atoms with Gasteiger partial charge in [0.25, 0.3) is 5.91 Å². The van der Waals surface area contributed by atoms with E-state index in [1.54, 1.807) is 6.07 Å². The van der Waals surface area contributed by atoms with E-state index in [0.29, 0.717) is 18.9 Å². The summed E-state index contributed by atoms with van der Waals surface area (Å²) in [6, 6.07) is 5.50. The van der Waals surface area contributed by atoms with Crippen molar-refractivity contribution in [3.05, 3.63) is 29.6 Å². The second-order valence-electron chi connectivity index (χ2n) is 3.73. The molecule has 1 N–H and O–H groups in total. The number of carbonyl (C=O) groups is 1. The number of benzene rings is 1. The predicted octanol–water partition coefficient (Wildman–Crippen LogP) is 1.05. The molecule has 1 heterocycles. The van der Waals surface area contributed by atoms with E-state index in [-0.39, 0.29) is 18.1 Å². The first kappa shape index (κ1) is 12.5. The molecule has 94 valence electrons. The van der Waals surface area contributed by atoms with Crippen molar-refractivity contribution in [3.8, 4) is 6.07 Å². The Bertz CT molecular complexity index is 493. The van der Waals surface area contributed by atoms with E-state index in [2.05, 4.69) is 5.32 Å². The molecule has 1 unspecified atom stereocenters. The van der Waals surface area contributed by atoms with Crippen molar-refractivity contribution >= 4 is 11.6 Å². The monoisotopic (exact) mass is 250 g/mol. The number of nitrogens with one attached hydrogen (secondary N) is 1. The number of nitrogens with zero attached hydrogens (tertiary/aromatic N) is 1. The van der Waals surface area contributed by atoms with Gasteiger partial charge < -0.3 is 14.8 Å². The Labute approximate surface area is 103 Å². The molecule has 5 nitrogen and oxygen atoms in total. The quantitative estimate of drug-likeness (QED) is 0.851. The number of hydrogen-bond acceptors (Lipinski definition) is 4. The molecular weight excluding hydrogens is 239 g/mol. The summed E-state index contributed by atoms with van der Waals surface area (Å²) in [5, 5.41) is 11.2. The zero-order valence-corrected chi connectivity index (χ0v) is 9.48. The van der Waals surface area contributed by atoms with Crippen LogP contribution in [0.15, 0.2) is 18.2 Å². The fourth-order valence-corrected chi connectivity index (χ4v) is 1.55. The number of rotatable bonds is 2. The highest BCUT2D eigenvalue weighted by Crippen LogP contribution is 2.15. The maximum absolute atomic E-state index is 13.1. The predicted molar refractivity (Wildman–Crippen MR) is 60.3 cm³/mol. The van der Waals surface area contributed by atoms with Crippen LogP contribution in [0.1, 0.15) is 5.56 Å². The number of anilines is 1. The van der Waals surface area contributed by atoms with E-state index in [4.69, 9.17) is 14.7 Å². The van der Waals surface area contributed by atoms with Gasteiger partial charge in [0, 0.05) is 5.69 Å². The lowest BCUT2D eigenvalue weighted by atomic mass is 10.2. The molecule has 0 radical (unpaired) electrons. The van der Waals surface area contributed by atoms with Crippen molar-refractivity contribution in [3.63, 3.8) is 0 Å². The van der Waals surface area contributed by atoms with Gasteiger partial charge in [0.1, 0.15) is 11.9 Å². The molecule has 1 atom stereocenters. The van der Waals surface area contributed by atoms with Crippen LogP contribution in [0, 0.1) is 17.1 Å². The molecule has 6 heteroatoms. The molecule has 1 fully saturated rings. The summed E-state index contributed by atoms with van der Waals surface area (Å²) in [7, 11) is 0. The molecule has 1 aromatic carbocycles. The fraction of sp³-hybridized carbons (Fsp3) is 0.333. The van der Waals surface area contributed by atoms with Gasteiger partial charge in [0.2, 0.25) is 0 Å². The first-order chi connectivity index (χ1) is 8.70. The summed E-state index contributed by atoms with van der Waals surface area (Å²) in [5.41, 5.74) is 0.237. The first-order valence-electron chi connectivity index (χ1n) is 5.40. The second kappa shape index (κ2) is 5.58. The first-order valence-corrected chi connectivity index (χ1v) is 5.40. The lowest BCUT2D eigenvalue weighted by Crippen LogP contribution is -2.39. The van der Waals surface area contributed by atoms with Crippen LogP contribution in [0.4, 0.5) is 10.1 Å². The Morgan fingerprint density at radius 1 is 1.50 bits per heavy atom. The number of carbonyl (C=O) groups excluding carboxylic acids is 1. The number of nitriles is 1. The molecule has 2 rings (SSSR count). The molecule has 1 saturated heterocycles. The maximum Gasteiger partial charge on any atom is 0.255 e. The van der Waals surface area contributed by atoms with Gasteiger partial charge >= 0.3 is 0 Å². The second-order valence-corrected chi connectivity index (χ2v) is 3.73. The lowest BCUT2D eigenvalue weighted by molar-refractivity contribution is -0.142. The summed E-state index contributed by atoms with van der Waals surface area (Å²) in [5.74, 6) is -0.988. The van der Waals surface area contributed by atoms with E-state index in [0.717, 1.165) is 6.07 Å². The van der Waals surface area contributed by atoms with E-state index < -0.39 is 11.9 Å². The van der Waals surface area contributed by atoms with Crippen molar-refractivity contribution < 1.29 is 18.7 Å². The molecule has 1 aliphatic heterocycles. The van der Waals surface area contributed by atoms with Gasteiger partial charge in [0.15, 0.2) is 6.10 Å². The van der Waals surface area contributed by atoms with Gasteiger partial charge in [0.05, 0.1) is 25.4 Å². The molecule has 1 amide bonds. The zero-order valence-electron chi connectivity index (χ0n) is 9.48. The molecule has 1 aromatic rings. The van der Waals surface area contributed by atoms with Crippen LogP contribution in [0.2, 0.25) is 0 Å². The Kier molecular flexibility index (Phi) is 3.87. The average Bonchev–Trinajstić information content (AvgIpc) is 2.42. The van der Waals surface area contributed by atoms with Gasteiger partial charge in [-0.2, -0.15) is 5.26 Å². The van der Waals surface area contributed by atoms with Crippen LogP contribution in [0.5, 0.6) is 0 Å². The van der Waals surface area contributed by atoms with E-state index in [1.165, 1.54) is 12.1 Å². The van der Waals surface area contributed by atoms with Crippen LogP contribution in [-0.2, 0) is 14.3 Å². The number of hydrogen-bond donors (Lipinski definition) is 1. The largest absolute Gasteiger partial charge is 0.376 e. The normalized spacial score (nSPS) is 19.0. The van der Waals surface area contributed by atoms with Crippen molar-refractivity contribution in [2.75, 3.05) is 25.1 Å². The fourth-order valence-electron chi connectivity index (χ4n) is 1.55. The summed E-state index contributed by atoms with van der Waals surface area (Å²) in [6.45, 7) is 1.03. The van der Waals surface area contributed by atoms with Crippen molar-refractivity contribution in [2.24, 2.45) is 0 Å². The maximum atomic E-state index is 13.1. The molecule has 0 spiro atoms. The highest BCUT2D eigenvalue weighted by atomic mass is 19.1. The van der Waals surface area contributed by atoms with Crippen LogP contribution in [-0.4, -0.2) is 31.8 Å². The molecule has 0 aromatic heterocycles. The molecular formula is C12H11FN2O3. The van der Waals surface area contributed by atoms with Crippen LogP contribution in [0.3, 0.4) is 0 Å². The Morgan fingerprint density at radius 3 is 3.00 bits per heavy atom. The highest BCUT2D eigenvalue weighted by molar-refractivity contribution is 5.94. The van der Waals surface area contributed by atoms with E-state index in [1.807, 2.05) is 0 Å². The minimum atomic E-state index is -0.672. The standard InChI is InChI=1S/C12H11FN2O3/c13-10-2-1-9(5-8(10)6-14)15-12(16)11-7-17-3-4-18-11/h1-2,5,11H,3-4,7H2,(H,15,16). The molecule has 0 saturated carbocycles. The molecule has 0 bridgehead atoms. The van der Waals surface area contributed by atoms with Gasteiger partial charge in [-0.1, -0.05) is 0 Å². The Hall–Kier alpha value is -1.97. The summed E-state index contributed by atoms with van der Waals surface area (Å²) >= 11 is 0. The summed E-state index contributed by atoms with van der Waals surface area (Å²) < 4.78 is 23.4. The lowest BCUT2D eigenvalue weighted by Gasteiger charge is -2.22.